The Bertz CT molecular complexity index is 593. The number of carbonyl (C=O) groups excluding carboxylic acids is 2. The Hall–Kier alpha value is -1.67. The number of halogens is 1. The first kappa shape index (κ1) is 15.7. The van der Waals surface area contributed by atoms with Gasteiger partial charge in [-0.15, -0.1) is 0 Å². The minimum atomic E-state index is -0.233. The van der Waals surface area contributed by atoms with Crippen molar-refractivity contribution in [3.05, 3.63) is 33.2 Å². The van der Waals surface area contributed by atoms with Crippen LogP contribution in [0.15, 0.2) is 27.6 Å². The van der Waals surface area contributed by atoms with Crippen molar-refractivity contribution < 1.29 is 9.59 Å². The summed E-state index contributed by atoms with van der Waals surface area (Å²) in [7, 11) is 0. The molecule has 0 unspecified atom stereocenters. The van der Waals surface area contributed by atoms with Crippen molar-refractivity contribution in [1.29, 1.82) is 0 Å². The highest BCUT2D eigenvalue weighted by atomic mass is 79.9. The van der Waals surface area contributed by atoms with Gasteiger partial charge < -0.3 is 9.47 Å². The van der Waals surface area contributed by atoms with E-state index in [2.05, 4.69) is 21.4 Å². The van der Waals surface area contributed by atoms with E-state index in [1.165, 1.54) is 4.57 Å². The molecule has 7 nitrogen and oxygen atoms in total. The fourth-order valence-electron chi connectivity index (χ4n) is 2.39. The summed E-state index contributed by atoms with van der Waals surface area (Å²) < 4.78 is 1.79. The van der Waals surface area contributed by atoms with Gasteiger partial charge >= 0.3 is 0 Å². The van der Waals surface area contributed by atoms with Gasteiger partial charge in [0.25, 0.3) is 5.56 Å². The summed E-state index contributed by atoms with van der Waals surface area (Å²) >= 11 is 3.15. The number of nitrogens with zero attached hydrogens (tertiary/aromatic N) is 2. The van der Waals surface area contributed by atoms with Crippen molar-refractivity contribution in [3.63, 3.8) is 0 Å². The molecular weight excluding hydrogens is 340 g/mol. The van der Waals surface area contributed by atoms with Crippen LogP contribution in [-0.2, 0) is 16.1 Å². The van der Waals surface area contributed by atoms with Crippen LogP contribution < -0.4 is 16.8 Å². The van der Waals surface area contributed by atoms with Crippen LogP contribution in [0.1, 0.15) is 12.8 Å². The number of piperidine rings is 1. The summed E-state index contributed by atoms with van der Waals surface area (Å²) in [6.07, 6.45) is 2.75. The van der Waals surface area contributed by atoms with E-state index < -0.39 is 0 Å². The lowest BCUT2D eigenvalue weighted by atomic mass is 9.96. The van der Waals surface area contributed by atoms with Crippen molar-refractivity contribution in [1.82, 2.24) is 14.9 Å². The van der Waals surface area contributed by atoms with E-state index in [-0.39, 0.29) is 29.8 Å². The quantitative estimate of drug-likeness (QED) is 0.446. The fraction of sp³-hybridized carbons (Fsp3) is 0.462. The number of pyridine rings is 1. The standard InChI is InChI=1S/C13H17BrN4O3/c14-10-2-1-5-18(13(10)21)8-11(19)17-6-3-9(4-7-17)12(20)16-15/h1-2,5,9H,3-4,6-8,15H2,(H,16,20). The number of hydrazine groups is 1. The molecule has 21 heavy (non-hydrogen) atoms. The number of aromatic nitrogens is 1. The lowest BCUT2D eigenvalue weighted by Crippen LogP contribution is -2.45. The van der Waals surface area contributed by atoms with Gasteiger partial charge in [-0.1, -0.05) is 0 Å². The van der Waals surface area contributed by atoms with Gasteiger partial charge in [0.1, 0.15) is 6.54 Å². The molecule has 1 aromatic rings. The molecule has 0 spiro atoms. The second-order valence-electron chi connectivity index (χ2n) is 4.95. The zero-order chi connectivity index (χ0) is 15.4. The number of nitrogens with two attached hydrogens (primary N) is 1. The molecule has 0 aliphatic carbocycles. The van der Waals surface area contributed by atoms with Crippen LogP contribution in [0.5, 0.6) is 0 Å². The molecule has 2 amide bonds. The molecule has 1 aromatic heterocycles. The average molecular weight is 357 g/mol. The van der Waals surface area contributed by atoms with Crippen molar-refractivity contribution >= 4 is 27.7 Å². The van der Waals surface area contributed by atoms with Crippen molar-refractivity contribution in [2.24, 2.45) is 11.8 Å². The maximum absolute atomic E-state index is 12.2. The molecule has 1 aliphatic rings. The van der Waals surface area contributed by atoms with E-state index in [1.807, 2.05) is 0 Å². The van der Waals surface area contributed by atoms with Gasteiger partial charge in [0.05, 0.1) is 4.47 Å². The second kappa shape index (κ2) is 6.86. The van der Waals surface area contributed by atoms with Crippen molar-refractivity contribution in [3.8, 4) is 0 Å². The number of amides is 2. The summed E-state index contributed by atoms with van der Waals surface area (Å²) in [4.78, 5) is 37.1. The first-order chi connectivity index (χ1) is 10.0. The smallest absolute Gasteiger partial charge is 0.265 e. The third kappa shape index (κ3) is 3.70. The molecule has 8 heteroatoms. The number of rotatable bonds is 3. The Morgan fingerprint density at radius 1 is 1.38 bits per heavy atom. The Balaban J connectivity index is 1.95. The van der Waals surface area contributed by atoms with Crippen LogP contribution in [-0.4, -0.2) is 34.4 Å². The minimum Gasteiger partial charge on any atom is -0.341 e. The highest BCUT2D eigenvalue weighted by Gasteiger charge is 2.26. The number of hydrogen-bond acceptors (Lipinski definition) is 4. The van der Waals surface area contributed by atoms with Gasteiger partial charge in [0, 0.05) is 25.2 Å². The van der Waals surface area contributed by atoms with Crippen LogP contribution in [0.4, 0.5) is 0 Å². The van der Waals surface area contributed by atoms with Gasteiger partial charge in [-0.05, 0) is 40.9 Å². The number of likely N-dealkylation sites (tertiary alicyclic amines) is 1. The Kier molecular flexibility index (Phi) is 5.13. The van der Waals surface area contributed by atoms with Gasteiger partial charge in [-0.3, -0.25) is 19.8 Å². The summed E-state index contributed by atoms with van der Waals surface area (Å²) in [6, 6.07) is 3.34. The number of nitrogens with one attached hydrogen (secondary N) is 1. The predicted molar refractivity (Wildman–Crippen MR) is 80.0 cm³/mol. The Labute approximate surface area is 130 Å². The molecule has 1 aliphatic heterocycles. The lowest BCUT2D eigenvalue weighted by molar-refractivity contribution is -0.136. The molecule has 2 heterocycles. The first-order valence-electron chi connectivity index (χ1n) is 6.66. The third-order valence-corrected chi connectivity index (χ3v) is 4.24. The van der Waals surface area contributed by atoms with E-state index in [4.69, 9.17) is 5.84 Å². The second-order valence-corrected chi connectivity index (χ2v) is 5.81. The molecule has 0 radical (unpaired) electrons. The topological polar surface area (TPSA) is 97.4 Å². The lowest BCUT2D eigenvalue weighted by Gasteiger charge is -2.31. The maximum atomic E-state index is 12.2. The zero-order valence-corrected chi connectivity index (χ0v) is 13.0. The van der Waals surface area contributed by atoms with E-state index in [0.717, 1.165) is 0 Å². The molecule has 0 bridgehead atoms. The number of carbonyl (C=O) groups is 2. The van der Waals surface area contributed by atoms with Crippen LogP contribution in [0.25, 0.3) is 0 Å². The van der Waals surface area contributed by atoms with Crippen LogP contribution in [0, 0.1) is 5.92 Å². The summed E-state index contributed by atoms with van der Waals surface area (Å²) in [5.41, 5.74) is 1.91. The fourth-order valence-corrected chi connectivity index (χ4v) is 2.77. The third-order valence-electron chi connectivity index (χ3n) is 3.64. The van der Waals surface area contributed by atoms with E-state index in [9.17, 15) is 14.4 Å². The zero-order valence-electron chi connectivity index (χ0n) is 11.4. The molecule has 3 N–H and O–H groups in total. The largest absolute Gasteiger partial charge is 0.341 e. The van der Waals surface area contributed by atoms with Crippen LogP contribution >= 0.6 is 15.9 Å². The normalized spacial score (nSPS) is 15.8. The Morgan fingerprint density at radius 3 is 2.67 bits per heavy atom. The van der Waals surface area contributed by atoms with Gasteiger partial charge in [0.15, 0.2) is 0 Å². The van der Waals surface area contributed by atoms with Crippen LogP contribution in [0.3, 0.4) is 0 Å². The predicted octanol–water partition coefficient (Wildman–Crippen LogP) is -0.161. The minimum absolute atomic E-state index is 0.00598. The van der Waals surface area contributed by atoms with E-state index in [1.54, 1.807) is 23.2 Å². The maximum Gasteiger partial charge on any atom is 0.265 e. The van der Waals surface area contributed by atoms with E-state index >= 15 is 0 Å². The van der Waals surface area contributed by atoms with Gasteiger partial charge in [-0.2, -0.15) is 0 Å². The molecular formula is C13H17BrN4O3. The van der Waals surface area contributed by atoms with Crippen molar-refractivity contribution in [2.75, 3.05) is 13.1 Å². The average Bonchev–Trinajstić information content (AvgIpc) is 2.51. The molecule has 1 fully saturated rings. The SMILES string of the molecule is NNC(=O)C1CCN(C(=O)Cn2cccc(Br)c2=O)CC1. The summed E-state index contributed by atoms with van der Waals surface area (Å²) in [5.74, 6) is 4.65. The highest BCUT2D eigenvalue weighted by molar-refractivity contribution is 9.10. The summed E-state index contributed by atoms with van der Waals surface area (Å²) in [6.45, 7) is 1.01. The molecule has 0 saturated carbocycles. The first-order valence-corrected chi connectivity index (χ1v) is 7.45. The number of hydrogen-bond donors (Lipinski definition) is 2. The monoisotopic (exact) mass is 356 g/mol. The van der Waals surface area contributed by atoms with Gasteiger partial charge in [0.2, 0.25) is 11.8 Å². The highest BCUT2D eigenvalue weighted by Crippen LogP contribution is 2.17. The van der Waals surface area contributed by atoms with Crippen LogP contribution in [0.2, 0.25) is 0 Å². The van der Waals surface area contributed by atoms with E-state index in [0.29, 0.717) is 30.4 Å². The molecule has 1 saturated heterocycles. The van der Waals surface area contributed by atoms with Gasteiger partial charge in [-0.25, -0.2) is 5.84 Å². The van der Waals surface area contributed by atoms with Crippen molar-refractivity contribution in [2.45, 2.75) is 19.4 Å². The summed E-state index contributed by atoms with van der Waals surface area (Å²) in [5, 5.41) is 0. The molecule has 2 rings (SSSR count). The molecule has 0 aromatic carbocycles. The molecule has 0 atom stereocenters. The Morgan fingerprint density at radius 2 is 2.05 bits per heavy atom. The molecule has 114 valence electrons.